The van der Waals surface area contributed by atoms with Crippen LogP contribution in [0.2, 0.25) is 0 Å². The molecule has 1 heterocycles. The number of imide groups is 2. The zero-order valence-corrected chi connectivity index (χ0v) is 25.4. The fourth-order valence-electron chi connectivity index (χ4n) is 3.48. The number of carbonyl (C=O) groups excluding carboxylic acids is 5. The van der Waals surface area contributed by atoms with Gasteiger partial charge in [-0.1, -0.05) is 0 Å². The summed E-state index contributed by atoms with van der Waals surface area (Å²) in [6.45, 7) is 19.4. The van der Waals surface area contributed by atoms with Gasteiger partial charge in [0.2, 0.25) is 0 Å². The molecule has 0 aromatic heterocycles. The molecule has 0 fully saturated rings. The van der Waals surface area contributed by atoms with Gasteiger partial charge >= 0.3 is 24.4 Å². The molecule has 0 unspecified atom stereocenters. The van der Waals surface area contributed by atoms with Crippen LogP contribution in [0, 0.1) is 0 Å². The Morgan fingerprint density at radius 3 is 1.60 bits per heavy atom. The van der Waals surface area contributed by atoms with Gasteiger partial charge in [0.25, 0.3) is 5.91 Å². The summed E-state index contributed by atoms with van der Waals surface area (Å²) in [7, 11) is 0. The van der Waals surface area contributed by atoms with Gasteiger partial charge in [-0.25, -0.2) is 24.1 Å². The minimum atomic E-state index is -1.06. The molecule has 0 bridgehead atoms. The van der Waals surface area contributed by atoms with Gasteiger partial charge in [-0.15, -0.1) is 0 Å². The van der Waals surface area contributed by atoms with Gasteiger partial charge in [0.15, 0.2) is 0 Å². The zero-order chi connectivity index (χ0) is 31.0. The van der Waals surface area contributed by atoms with Gasteiger partial charge in [-0.3, -0.25) is 10.1 Å². The van der Waals surface area contributed by atoms with Gasteiger partial charge in [0.1, 0.15) is 22.4 Å². The number of ether oxygens (including phenoxy) is 4. The van der Waals surface area contributed by atoms with E-state index in [1.807, 2.05) is 0 Å². The first-order valence-corrected chi connectivity index (χ1v) is 12.9. The lowest BCUT2D eigenvalue weighted by Gasteiger charge is -2.29. The number of amides is 5. The Hall–Kier alpha value is -3.83. The maximum atomic E-state index is 13.6. The molecule has 1 N–H and O–H groups in total. The average Bonchev–Trinajstić information content (AvgIpc) is 3.02. The quantitative estimate of drug-likeness (QED) is 0.394. The van der Waals surface area contributed by atoms with E-state index in [-0.39, 0.29) is 29.0 Å². The second-order valence-electron chi connectivity index (χ2n) is 13.3. The molecule has 0 saturated carbocycles. The number of carbonyl (C=O) groups is 5. The molecule has 2 rings (SSSR count). The van der Waals surface area contributed by atoms with Gasteiger partial charge in [0, 0.05) is 5.56 Å². The monoisotopic (exact) mass is 563 g/mol. The molecule has 12 nitrogen and oxygen atoms in total. The number of fused-ring (bicyclic) bond motifs is 1. The fourth-order valence-corrected chi connectivity index (χ4v) is 3.48. The molecule has 12 heteroatoms. The van der Waals surface area contributed by atoms with Crippen molar-refractivity contribution in [2.24, 2.45) is 0 Å². The molecular formula is C28H41N3O9. The van der Waals surface area contributed by atoms with Crippen molar-refractivity contribution in [3.05, 3.63) is 23.3 Å². The predicted octanol–water partition coefficient (Wildman–Crippen LogP) is 6.60. The molecule has 0 saturated heterocycles. The molecule has 0 aliphatic carbocycles. The lowest BCUT2D eigenvalue weighted by Crippen LogP contribution is -2.44. The van der Waals surface area contributed by atoms with E-state index in [4.69, 9.17) is 18.9 Å². The van der Waals surface area contributed by atoms with Crippen LogP contribution in [0.1, 0.15) is 99.0 Å². The predicted molar refractivity (Wildman–Crippen MR) is 147 cm³/mol. The van der Waals surface area contributed by atoms with Crippen molar-refractivity contribution < 1.29 is 42.9 Å². The summed E-state index contributed by atoms with van der Waals surface area (Å²) < 4.78 is 21.7. The van der Waals surface area contributed by atoms with Crippen molar-refractivity contribution >= 4 is 41.7 Å². The molecule has 0 radical (unpaired) electrons. The fraction of sp³-hybridized carbons (Fsp3) is 0.607. The van der Waals surface area contributed by atoms with Crippen LogP contribution in [0.25, 0.3) is 0 Å². The molecule has 5 amide bonds. The third-order valence-electron chi connectivity index (χ3n) is 4.71. The number of rotatable bonds is 2. The molecule has 1 aromatic carbocycles. The lowest BCUT2D eigenvalue weighted by atomic mass is 10.0. The summed E-state index contributed by atoms with van der Waals surface area (Å²) in [5.74, 6) is -0.800. The van der Waals surface area contributed by atoms with Crippen LogP contribution in [0.5, 0.6) is 0 Å². The zero-order valence-electron chi connectivity index (χ0n) is 25.4. The van der Waals surface area contributed by atoms with E-state index < -0.39 is 52.7 Å². The molecular weight excluding hydrogens is 522 g/mol. The standard InChI is InChI=1S/C28H41N3O9/c1-25(2,3)37-21(33)29-17-13-14-18(16-15-30(20(32)19(16)17)22(34)38-26(4,5)6)31(23(35)39-27(7,8)9)24(36)40-28(10,11)12/h13-14H,15H2,1-12H3,(H,29,33). The minimum Gasteiger partial charge on any atom is -0.444 e. The number of benzene rings is 1. The first-order valence-electron chi connectivity index (χ1n) is 12.9. The summed E-state index contributed by atoms with van der Waals surface area (Å²) >= 11 is 0. The third kappa shape index (κ3) is 8.85. The van der Waals surface area contributed by atoms with Crippen molar-refractivity contribution in [3.8, 4) is 0 Å². The normalized spacial score (nSPS) is 13.8. The van der Waals surface area contributed by atoms with E-state index in [9.17, 15) is 24.0 Å². The first-order chi connectivity index (χ1) is 17.9. The summed E-state index contributed by atoms with van der Waals surface area (Å²) in [4.78, 5) is 67.2. The van der Waals surface area contributed by atoms with Crippen LogP contribution >= 0.6 is 0 Å². The molecule has 1 aromatic rings. The van der Waals surface area contributed by atoms with Gasteiger partial charge < -0.3 is 18.9 Å². The van der Waals surface area contributed by atoms with Crippen LogP contribution < -0.4 is 10.2 Å². The summed E-state index contributed by atoms with van der Waals surface area (Å²) in [6, 6.07) is 2.68. The van der Waals surface area contributed by atoms with Crippen LogP contribution in [0.15, 0.2) is 12.1 Å². The Bertz CT molecular complexity index is 1170. The number of anilines is 2. The van der Waals surface area contributed by atoms with E-state index in [1.54, 1.807) is 83.1 Å². The second kappa shape index (κ2) is 11.0. The maximum absolute atomic E-state index is 13.6. The topological polar surface area (TPSA) is 141 Å². The molecule has 0 atom stereocenters. The van der Waals surface area contributed by atoms with Gasteiger partial charge in [-0.05, 0) is 95.2 Å². The largest absolute Gasteiger partial charge is 0.444 e. The van der Waals surface area contributed by atoms with Crippen LogP contribution in [-0.2, 0) is 25.5 Å². The highest BCUT2D eigenvalue weighted by atomic mass is 16.6. The Morgan fingerprint density at radius 1 is 0.725 bits per heavy atom. The molecule has 0 spiro atoms. The lowest BCUT2D eigenvalue weighted by molar-refractivity contribution is 0.0247. The Labute approximate surface area is 235 Å². The second-order valence-corrected chi connectivity index (χ2v) is 13.3. The average molecular weight is 564 g/mol. The SMILES string of the molecule is CC(C)(C)OC(=O)Nc1ccc(N(C(=O)OC(C)(C)C)C(=O)OC(C)(C)C)c2c1C(=O)N(C(=O)OC(C)(C)C)C2. The third-order valence-corrected chi connectivity index (χ3v) is 4.71. The van der Waals surface area contributed by atoms with Gasteiger partial charge in [0.05, 0.1) is 23.5 Å². The molecule has 222 valence electrons. The maximum Gasteiger partial charge on any atom is 0.424 e. The minimum absolute atomic E-state index is 0.0115. The Kier molecular flexibility index (Phi) is 8.88. The van der Waals surface area contributed by atoms with Crippen LogP contribution in [-0.4, -0.2) is 57.6 Å². The smallest absolute Gasteiger partial charge is 0.424 e. The van der Waals surface area contributed by atoms with Crippen LogP contribution in [0.3, 0.4) is 0 Å². The van der Waals surface area contributed by atoms with Crippen molar-refractivity contribution in [2.75, 3.05) is 10.2 Å². The van der Waals surface area contributed by atoms with E-state index in [0.29, 0.717) is 4.90 Å². The van der Waals surface area contributed by atoms with E-state index in [2.05, 4.69) is 5.32 Å². The Morgan fingerprint density at radius 2 is 1.18 bits per heavy atom. The van der Waals surface area contributed by atoms with Crippen LogP contribution in [0.4, 0.5) is 30.6 Å². The van der Waals surface area contributed by atoms with E-state index >= 15 is 0 Å². The molecule has 40 heavy (non-hydrogen) atoms. The Balaban J connectivity index is 2.71. The van der Waals surface area contributed by atoms with Crippen molar-refractivity contribution in [2.45, 2.75) is 112 Å². The summed E-state index contributed by atoms with van der Waals surface area (Å²) in [6.07, 6.45) is -3.90. The highest BCUT2D eigenvalue weighted by Crippen LogP contribution is 2.39. The molecule has 1 aliphatic rings. The van der Waals surface area contributed by atoms with E-state index in [1.165, 1.54) is 12.1 Å². The number of hydrogen-bond acceptors (Lipinski definition) is 9. The molecule has 1 aliphatic heterocycles. The number of hydrogen-bond donors (Lipinski definition) is 1. The highest BCUT2D eigenvalue weighted by Gasteiger charge is 2.42. The first kappa shape index (κ1) is 32.4. The van der Waals surface area contributed by atoms with Crippen molar-refractivity contribution in [1.29, 1.82) is 0 Å². The van der Waals surface area contributed by atoms with Gasteiger partial charge in [-0.2, -0.15) is 4.90 Å². The summed E-state index contributed by atoms with van der Waals surface area (Å²) in [5.41, 5.74) is -3.76. The highest BCUT2D eigenvalue weighted by molar-refractivity contribution is 6.16. The van der Waals surface area contributed by atoms with Crippen molar-refractivity contribution in [3.63, 3.8) is 0 Å². The summed E-state index contributed by atoms with van der Waals surface area (Å²) in [5, 5.41) is 2.53. The van der Waals surface area contributed by atoms with E-state index in [0.717, 1.165) is 4.90 Å². The number of nitrogens with one attached hydrogen (secondary N) is 1. The van der Waals surface area contributed by atoms with Crippen molar-refractivity contribution in [1.82, 2.24) is 4.90 Å². The number of nitrogens with zero attached hydrogens (tertiary/aromatic N) is 2.